The Morgan fingerprint density at radius 3 is 2.44 bits per heavy atom. The van der Waals surface area contributed by atoms with Crippen molar-refractivity contribution in [1.29, 1.82) is 0 Å². The van der Waals surface area contributed by atoms with Crippen LogP contribution in [0.2, 0.25) is 0 Å². The number of fused-ring (bicyclic) bond motifs is 1. The van der Waals surface area contributed by atoms with E-state index in [1.807, 2.05) is 6.07 Å². The standard InChI is InChI=1S/C33H49N5O3/c1-22(2)18-27(29(39)21-38-17-11-14-23-12-7-8-13-24(23)20-38)35-31(40)25-15-9-10-16-26(25)34-32(41)28-19-30(33(3,4)5)36-37(28)6/h7-8,12-13,19,22,25-27H,9-11,14-18,20-21H2,1-6H3,(H,34,41)(H,35,40)/t25-,26+,27+/m1/s1. The summed E-state index contributed by atoms with van der Waals surface area (Å²) in [5.74, 6) is -0.382. The summed E-state index contributed by atoms with van der Waals surface area (Å²) in [6, 6.07) is 9.49. The quantitative estimate of drug-likeness (QED) is 0.467. The predicted molar refractivity (Wildman–Crippen MR) is 162 cm³/mol. The maximum absolute atomic E-state index is 13.7. The number of nitrogens with one attached hydrogen (secondary N) is 2. The van der Waals surface area contributed by atoms with Crippen molar-refractivity contribution < 1.29 is 14.4 Å². The summed E-state index contributed by atoms with van der Waals surface area (Å²) in [5.41, 5.74) is 3.82. The van der Waals surface area contributed by atoms with Crippen molar-refractivity contribution in [3.8, 4) is 0 Å². The summed E-state index contributed by atoms with van der Waals surface area (Å²) in [6.07, 6.45) is 5.97. The van der Waals surface area contributed by atoms with Gasteiger partial charge in [-0.15, -0.1) is 0 Å². The molecular weight excluding hydrogens is 514 g/mol. The van der Waals surface area contributed by atoms with Crippen LogP contribution in [0.1, 0.15) is 100 Å². The van der Waals surface area contributed by atoms with Gasteiger partial charge in [0.25, 0.3) is 5.91 Å². The molecule has 0 spiro atoms. The number of rotatable bonds is 9. The highest BCUT2D eigenvalue weighted by Gasteiger charge is 2.35. The van der Waals surface area contributed by atoms with Gasteiger partial charge < -0.3 is 10.6 Å². The van der Waals surface area contributed by atoms with Crippen molar-refractivity contribution in [2.45, 2.75) is 104 Å². The molecule has 0 bridgehead atoms. The van der Waals surface area contributed by atoms with E-state index in [4.69, 9.17) is 0 Å². The number of carbonyl (C=O) groups excluding carboxylic acids is 3. The Morgan fingerprint density at radius 2 is 1.76 bits per heavy atom. The zero-order valence-corrected chi connectivity index (χ0v) is 25.8. The normalized spacial score (nSPS) is 20.7. The molecule has 8 heteroatoms. The Balaban J connectivity index is 1.42. The van der Waals surface area contributed by atoms with Crippen LogP contribution in [0.25, 0.3) is 0 Å². The second-order valence-corrected chi connectivity index (χ2v) is 13.5. The third-order valence-electron chi connectivity index (χ3n) is 8.52. The Kier molecular flexibility index (Phi) is 10.1. The lowest BCUT2D eigenvalue weighted by atomic mass is 9.83. The summed E-state index contributed by atoms with van der Waals surface area (Å²) >= 11 is 0. The molecule has 2 aromatic rings. The largest absolute Gasteiger partial charge is 0.347 e. The van der Waals surface area contributed by atoms with Crippen LogP contribution in [0.15, 0.2) is 30.3 Å². The number of aryl methyl sites for hydroxylation is 2. The third-order valence-corrected chi connectivity index (χ3v) is 8.52. The first-order valence-corrected chi connectivity index (χ1v) is 15.4. The molecule has 224 valence electrons. The van der Waals surface area contributed by atoms with Crippen LogP contribution in [-0.4, -0.2) is 57.5 Å². The van der Waals surface area contributed by atoms with Crippen molar-refractivity contribution in [2.75, 3.05) is 13.1 Å². The number of ketones is 1. The van der Waals surface area contributed by atoms with Gasteiger partial charge in [0.15, 0.2) is 5.78 Å². The molecule has 2 heterocycles. The van der Waals surface area contributed by atoms with Crippen LogP contribution < -0.4 is 10.6 Å². The molecule has 2 amide bonds. The fourth-order valence-electron chi connectivity index (χ4n) is 6.16. The highest BCUT2D eigenvalue weighted by Crippen LogP contribution is 2.27. The van der Waals surface area contributed by atoms with E-state index in [1.165, 1.54) is 11.1 Å². The van der Waals surface area contributed by atoms with Gasteiger partial charge in [-0.05, 0) is 61.8 Å². The van der Waals surface area contributed by atoms with Crippen molar-refractivity contribution in [3.05, 3.63) is 52.8 Å². The lowest BCUT2D eigenvalue weighted by molar-refractivity contribution is -0.132. The topological polar surface area (TPSA) is 96.3 Å². The number of carbonyl (C=O) groups is 3. The van der Waals surface area contributed by atoms with Crippen molar-refractivity contribution >= 4 is 17.6 Å². The van der Waals surface area contributed by atoms with Crippen molar-refractivity contribution in [1.82, 2.24) is 25.3 Å². The number of benzene rings is 1. The Hall–Kier alpha value is -3.00. The number of Topliss-reactive ketones (excluding diaryl/α,β-unsaturated/α-hetero) is 1. The van der Waals surface area contributed by atoms with Gasteiger partial charge in [0.2, 0.25) is 5.91 Å². The minimum absolute atomic E-state index is 0.0624. The molecule has 1 fully saturated rings. The smallest absolute Gasteiger partial charge is 0.269 e. The zero-order chi connectivity index (χ0) is 29.7. The van der Waals surface area contributed by atoms with Crippen molar-refractivity contribution in [3.63, 3.8) is 0 Å². The monoisotopic (exact) mass is 563 g/mol. The van der Waals surface area contributed by atoms with Gasteiger partial charge in [-0.25, -0.2) is 0 Å². The van der Waals surface area contributed by atoms with E-state index in [9.17, 15) is 14.4 Å². The highest BCUT2D eigenvalue weighted by molar-refractivity contribution is 5.94. The summed E-state index contributed by atoms with van der Waals surface area (Å²) in [6.45, 7) is 12.3. The van der Waals surface area contributed by atoms with Gasteiger partial charge in [-0.2, -0.15) is 5.10 Å². The Labute approximate surface area is 245 Å². The molecule has 1 saturated carbocycles. The van der Waals surface area contributed by atoms with E-state index >= 15 is 0 Å². The maximum atomic E-state index is 13.7. The molecule has 1 aliphatic heterocycles. The third kappa shape index (κ3) is 8.06. The van der Waals surface area contributed by atoms with E-state index in [-0.39, 0.29) is 40.9 Å². The summed E-state index contributed by atoms with van der Waals surface area (Å²) < 4.78 is 1.62. The van der Waals surface area contributed by atoms with Crippen molar-refractivity contribution in [2.24, 2.45) is 18.9 Å². The average molecular weight is 564 g/mol. The highest BCUT2D eigenvalue weighted by atomic mass is 16.2. The number of hydrogen-bond acceptors (Lipinski definition) is 5. The van der Waals surface area contributed by atoms with Gasteiger partial charge >= 0.3 is 0 Å². The van der Waals surface area contributed by atoms with Gasteiger partial charge in [0.05, 0.1) is 24.2 Å². The van der Waals surface area contributed by atoms with Crippen LogP contribution in [-0.2, 0) is 35.0 Å². The molecule has 1 aromatic carbocycles. The van der Waals surface area contributed by atoms with Gasteiger partial charge in [0, 0.05) is 25.0 Å². The van der Waals surface area contributed by atoms with Crippen LogP contribution in [0.5, 0.6) is 0 Å². The molecule has 1 aromatic heterocycles. The maximum Gasteiger partial charge on any atom is 0.269 e. The van der Waals surface area contributed by atoms with E-state index in [2.05, 4.69) is 79.5 Å². The summed E-state index contributed by atoms with van der Waals surface area (Å²) in [5, 5.41) is 10.8. The SMILES string of the molecule is CC(C)C[C@H](NC(=O)[C@@H]1CCCC[C@@H]1NC(=O)c1cc(C(C)(C)C)nn1C)C(=O)CN1CCCc2ccccc2C1. The lowest BCUT2D eigenvalue weighted by Gasteiger charge is -2.33. The molecule has 4 rings (SSSR count). The van der Waals surface area contributed by atoms with E-state index in [0.29, 0.717) is 25.1 Å². The van der Waals surface area contributed by atoms with E-state index in [1.54, 1.807) is 11.7 Å². The minimum atomic E-state index is -0.536. The molecule has 8 nitrogen and oxygen atoms in total. The number of amides is 2. The number of hydrogen-bond donors (Lipinski definition) is 2. The zero-order valence-electron chi connectivity index (χ0n) is 25.8. The van der Waals surface area contributed by atoms with Gasteiger partial charge in [-0.3, -0.25) is 24.0 Å². The first kappa shape index (κ1) is 30.9. The van der Waals surface area contributed by atoms with Gasteiger partial charge in [0.1, 0.15) is 5.69 Å². The molecule has 2 aliphatic rings. The fourth-order valence-corrected chi connectivity index (χ4v) is 6.16. The molecule has 41 heavy (non-hydrogen) atoms. The Bertz CT molecular complexity index is 1230. The molecule has 1 aliphatic carbocycles. The van der Waals surface area contributed by atoms with E-state index < -0.39 is 6.04 Å². The van der Waals surface area contributed by atoms with Crippen LogP contribution >= 0.6 is 0 Å². The van der Waals surface area contributed by atoms with E-state index in [0.717, 1.165) is 50.9 Å². The number of aromatic nitrogens is 2. The Morgan fingerprint density at radius 1 is 1.05 bits per heavy atom. The summed E-state index contributed by atoms with van der Waals surface area (Å²) in [7, 11) is 1.78. The predicted octanol–water partition coefficient (Wildman–Crippen LogP) is 4.55. The number of nitrogens with zero attached hydrogens (tertiary/aromatic N) is 3. The fraction of sp³-hybridized carbons (Fsp3) is 0.636. The van der Waals surface area contributed by atoms with Crippen LogP contribution in [0.4, 0.5) is 0 Å². The van der Waals surface area contributed by atoms with Crippen LogP contribution in [0.3, 0.4) is 0 Å². The minimum Gasteiger partial charge on any atom is -0.347 e. The summed E-state index contributed by atoms with van der Waals surface area (Å²) in [4.78, 5) is 42.8. The lowest BCUT2D eigenvalue weighted by Crippen LogP contribution is -2.53. The first-order valence-electron chi connectivity index (χ1n) is 15.4. The molecular formula is C33H49N5O3. The second-order valence-electron chi connectivity index (χ2n) is 13.5. The average Bonchev–Trinajstić information content (AvgIpc) is 3.20. The van der Waals surface area contributed by atoms with Crippen LogP contribution in [0, 0.1) is 11.8 Å². The molecule has 0 saturated heterocycles. The first-order chi connectivity index (χ1) is 19.4. The molecule has 0 radical (unpaired) electrons. The molecule has 0 unspecified atom stereocenters. The second kappa shape index (κ2) is 13.3. The molecule has 2 N–H and O–H groups in total. The molecule has 3 atom stereocenters. The van der Waals surface area contributed by atoms with Gasteiger partial charge in [-0.1, -0.05) is 71.7 Å².